The van der Waals surface area contributed by atoms with Crippen molar-refractivity contribution in [2.24, 2.45) is 0 Å². The predicted octanol–water partition coefficient (Wildman–Crippen LogP) is 2.05. The summed E-state index contributed by atoms with van der Waals surface area (Å²) < 4.78 is 11.2. The number of aryl methyl sites for hydroxylation is 1. The van der Waals surface area contributed by atoms with Gasteiger partial charge in [0.1, 0.15) is 0 Å². The maximum Gasteiger partial charge on any atom is 0.410 e. The number of nitriles is 1. The van der Waals surface area contributed by atoms with Crippen LogP contribution in [0.15, 0.2) is 24.3 Å². The molecule has 3 unspecified atom stereocenters. The Labute approximate surface area is 189 Å². The van der Waals surface area contributed by atoms with E-state index in [1.165, 1.54) is 11.1 Å². The highest BCUT2D eigenvalue weighted by atomic mass is 16.6. The summed E-state index contributed by atoms with van der Waals surface area (Å²) in [5, 5.41) is 12.4. The lowest BCUT2D eigenvalue weighted by Gasteiger charge is -2.34. The highest BCUT2D eigenvalue weighted by molar-refractivity contribution is 5.84. The van der Waals surface area contributed by atoms with Crippen molar-refractivity contribution in [3.63, 3.8) is 0 Å². The van der Waals surface area contributed by atoms with Gasteiger partial charge in [0.25, 0.3) is 5.91 Å². The molecule has 0 radical (unpaired) electrons. The lowest BCUT2D eigenvalue weighted by Crippen LogP contribution is -2.50. The number of hydrogen-bond acceptors (Lipinski definition) is 6. The molecule has 4 rings (SSSR count). The normalized spacial score (nSPS) is 23.3. The number of rotatable bonds is 7. The first-order valence-corrected chi connectivity index (χ1v) is 11.7. The first kappa shape index (κ1) is 22.6. The van der Waals surface area contributed by atoms with Gasteiger partial charge in [-0.3, -0.25) is 4.79 Å². The number of ether oxygens (including phenoxy) is 2. The smallest absolute Gasteiger partial charge is 0.410 e. The predicted molar refractivity (Wildman–Crippen MR) is 118 cm³/mol. The van der Waals surface area contributed by atoms with E-state index in [0.29, 0.717) is 45.8 Å². The molecule has 1 aliphatic carbocycles. The number of fused-ring (bicyclic) bond motifs is 1. The second kappa shape index (κ2) is 10.8. The van der Waals surface area contributed by atoms with Crippen LogP contribution >= 0.6 is 0 Å². The van der Waals surface area contributed by atoms with Crippen LogP contribution in [0.2, 0.25) is 0 Å². The van der Waals surface area contributed by atoms with Gasteiger partial charge in [-0.2, -0.15) is 5.26 Å². The third-order valence-electron chi connectivity index (χ3n) is 6.77. The number of benzene rings is 1. The minimum atomic E-state index is -0.860. The summed E-state index contributed by atoms with van der Waals surface area (Å²) in [6.45, 7) is 3.79. The van der Waals surface area contributed by atoms with Gasteiger partial charge in [-0.25, -0.2) is 4.79 Å². The molecule has 2 saturated heterocycles. The second-order valence-electron chi connectivity index (χ2n) is 8.73. The van der Waals surface area contributed by atoms with Crippen LogP contribution in [-0.2, 0) is 20.7 Å². The molecular formula is C24H32N4O4. The van der Waals surface area contributed by atoms with Crippen LogP contribution in [0.5, 0.6) is 0 Å². The Morgan fingerprint density at radius 1 is 1.28 bits per heavy atom. The van der Waals surface area contributed by atoms with Crippen molar-refractivity contribution < 1.29 is 19.1 Å². The summed E-state index contributed by atoms with van der Waals surface area (Å²) in [5.74, 6) is -0.00269. The van der Waals surface area contributed by atoms with Gasteiger partial charge >= 0.3 is 6.09 Å². The van der Waals surface area contributed by atoms with Crippen molar-refractivity contribution in [2.75, 3.05) is 45.9 Å². The van der Waals surface area contributed by atoms with Gasteiger partial charge in [-0.15, -0.1) is 0 Å². The van der Waals surface area contributed by atoms with Gasteiger partial charge in [0.2, 0.25) is 0 Å². The Morgan fingerprint density at radius 3 is 2.84 bits per heavy atom. The van der Waals surface area contributed by atoms with Gasteiger partial charge in [0.15, 0.2) is 6.10 Å². The van der Waals surface area contributed by atoms with Crippen molar-refractivity contribution in [3.05, 3.63) is 35.4 Å². The molecule has 3 atom stereocenters. The highest BCUT2D eigenvalue weighted by Gasteiger charge is 2.37. The van der Waals surface area contributed by atoms with Gasteiger partial charge < -0.3 is 24.6 Å². The van der Waals surface area contributed by atoms with E-state index in [1.807, 2.05) is 12.1 Å². The molecule has 8 heteroatoms. The zero-order valence-electron chi connectivity index (χ0n) is 18.5. The van der Waals surface area contributed by atoms with Crippen molar-refractivity contribution in [1.82, 2.24) is 15.1 Å². The molecule has 0 saturated carbocycles. The second-order valence-corrected chi connectivity index (χ2v) is 8.73. The van der Waals surface area contributed by atoms with Crippen molar-refractivity contribution >= 4 is 12.0 Å². The zero-order valence-corrected chi connectivity index (χ0v) is 18.5. The summed E-state index contributed by atoms with van der Waals surface area (Å²) in [4.78, 5) is 30.0. The molecule has 1 N–H and O–H groups in total. The summed E-state index contributed by atoms with van der Waals surface area (Å²) in [6.07, 6.45) is 2.18. The lowest BCUT2D eigenvalue weighted by atomic mass is 9.94. The minimum Gasteiger partial charge on any atom is -0.436 e. The van der Waals surface area contributed by atoms with Gasteiger partial charge in [0.05, 0.1) is 25.7 Å². The molecule has 0 bridgehead atoms. The molecule has 1 aromatic carbocycles. The quantitative estimate of drug-likeness (QED) is 0.697. The monoisotopic (exact) mass is 440 g/mol. The number of hydrogen-bond donors (Lipinski definition) is 1. The van der Waals surface area contributed by atoms with Crippen LogP contribution in [0.25, 0.3) is 0 Å². The number of carbonyl (C=O) groups excluding carboxylic acids is 2. The average molecular weight is 441 g/mol. The van der Waals surface area contributed by atoms with Crippen molar-refractivity contribution in [3.8, 4) is 6.07 Å². The molecule has 2 amide bonds. The third kappa shape index (κ3) is 5.22. The first-order chi connectivity index (χ1) is 15.7. The van der Waals surface area contributed by atoms with Gasteiger partial charge in [-0.1, -0.05) is 24.3 Å². The van der Waals surface area contributed by atoms with E-state index in [9.17, 15) is 9.59 Å². The Balaban J connectivity index is 1.53. The SMILES string of the molecule is N#CCCN(C(=O)C(CC1CCc2ccccc21)OC(=O)N1CCOCC1)C1CCNC1. The fourth-order valence-electron chi connectivity index (χ4n) is 5.02. The van der Waals surface area contributed by atoms with Crippen LogP contribution < -0.4 is 5.32 Å². The maximum atomic E-state index is 13.7. The molecule has 2 fully saturated rings. The Kier molecular flexibility index (Phi) is 7.61. The fraction of sp³-hybridized carbons (Fsp3) is 0.625. The van der Waals surface area contributed by atoms with Gasteiger partial charge in [0, 0.05) is 38.6 Å². The number of carbonyl (C=O) groups is 2. The molecule has 3 aliphatic rings. The summed E-state index contributed by atoms with van der Waals surface area (Å²) in [7, 11) is 0. The van der Waals surface area contributed by atoms with E-state index < -0.39 is 12.2 Å². The van der Waals surface area contributed by atoms with E-state index in [4.69, 9.17) is 14.7 Å². The molecule has 172 valence electrons. The molecule has 8 nitrogen and oxygen atoms in total. The molecule has 0 aromatic heterocycles. The molecule has 1 aromatic rings. The first-order valence-electron chi connectivity index (χ1n) is 11.7. The van der Waals surface area contributed by atoms with Crippen LogP contribution in [0.1, 0.15) is 42.7 Å². The molecular weight excluding hydrogens is 408 g/mol. The number of morpholine rings is 1. The summed E-state index contributed by atoms with van der Waals surface area (Å²) >= 11 is 0. The number of nitrogens with zero attached hydrogens (tertiary/aromatic N) is 3. The van der Waals surface area contributed by atoms with E-state index in [1.54, 1.807) is 9.80 Å². The molecule has 2 heterocycles. The van der Waals surface area contributed by atoms with Crippen molar-refractivity contribution in [2.45, 2.75) is 50.2 Å². The largest absolute Gasteiger partial charge is 0.436 e. The molecule has 0 spiro atoms. The number of amides is 2. The number of nitrogens with one attached hydrogen (secondary N) is 1. The van der Waals surface area contributed by atoms with Crippen LogP contribution in [0.3, 0.4) is 0 Å². The van der Waals surface area contributed by atoms with Crippen LogP contribution in [-0.4, -0.2) is 79.9 Å². The fourth-order valence-corrected chi connectivity index (χ4v) is 5.02. The Morgan fingerprint density at radius 2 is 2.09 bits per heavy atom. The standard InChI is InChI=1S/C24H32N4O4/c25-9-3-11-28(20-8-10-26-17-20)23(29)22(32-24(30)27-12-14-31-15-13-27)16-19-7-6-18-4-1-2-5-21(18)19/h1-2,4-5,19-20,22,26H,3,6-8,10-17H2. The zero-order chi connectivity index (χ0) is 22.3. The minimum absolute atomic E-state index is 0.0244. The summed E-state index contributed by atoms with van der Waals surface area (Å²) in [6, 6.07) is 10.5. The summed E-state index contributed by atoms with van der Waals surface area (Å²) in [5.41, 5.74) is 2.56. The Bertz CT molecular complexity index is 843. The van der Waals surface area contributed by atoms with E-state index in [0.717, 1.165) is 25.8 Å². The Hall–Kier alpha value is -2.63. The van der Waals surface area contributed by atoms with Crippen molar-refractivity contribution in [1.29, 1.82) is 5.26 Å². The van der Waals surface area contributed by atoms with Gasteiger partial charge in [-0.05, 0) is 42.9 Å². The topological polar surface area (TPSA) is 94.9 Å². The van der Waals surface area contributed by atoms with E-state index in [2.05, 4.69) is 23.5 Å². The van der Waals surface area contributed by atoms with E-state index >= 15 is 0 Å². The average Bonchev–Trinajstić information content (AvgIpc) is 3.50. The van der Waals surface area contributed by atoms with E-state index in [-0.39, 0.29) is 24.3 Å². The van der Waals surface area contributed by atoms with Crippen LogP contribution in [0, 0.1) is 11.3 Å². The van der Waals surface area contributed by atoms with Crippen LogP contribution in [0.4, 0.5) is 4.79 Å². The molecule has 2 aliphatic heterocycles. The maximum absolute atomic E-state index is 13.7. The third-order valence-corrected chi connectivity index (χ3v) is 6.77. The highest BCUT2D eigenvalue weighted by Crippen LogP contribution is 2.37. The lowest BCUT2D eigenvalue weighted by molar-refractivity contribution is -0.143. The molecule has 32 heavy (non-hydrogen) atoms.